The van der Waals surface area contributed by atoms with Crippen molar-refractivity contribution in [3.8, 4) is 6.07 Å². The fourth-order valence-electron chi connectivity index (χ4n) is 1.22. The van der Waals surface area contributed by atoms with E-state index in [-0.39, 0.29) is 11.1 Å². The summed E-state index contributed by atoms with van der Waals surface area (Å²) >= 11 is 0. The second kappa shape index (κ2) is 5.05. The number of pyridine rings is 1. The Morgan fingerprint density at radius 1 is 1.47 bits per heavy atom. The smallest absolute Gasteiger partial charge is 0.165 e. The van der Waals surface area contributed by atoms with Crippen molar-refractivity contribution in [2.45, 2.75) is 27.7 Å². The molecule has 0 aliphatic heterocycles. The molecule has 1 unspecified atom stereocenters. The number of nitrogens with one attached hydrogen (secondary N) is 1. The summed E-state index contributed by atoms with van der Waals surface area (Å²) in [5.41, 5.74) is 6.56. The molecule has 4 heteroatoms. The van der Waals surface area contributed by atoms with Crippen molar-refractivity contribution in [1.82, 2.24) is 4.98 Å². The fraction of sp³-hybridized carbons (Fsp3) is 0.538. The van der Waals surface area contributed by atoms with Crippen molar-refractivity contribution in [1.29, 1.82) is 5.26 Å². The molecule has 92 valence electrons. The number of rotatable bonds is 3. The molecule has 4 nitrogen and oxygen atoms in total. The highest BCUT2D eigenvalue weighted by molar-refractivity contribution is 5.54. The molecule has 0 amide bonds. The van der Waals surface area contributed by atoms with E-state index in [1.54, 1.807) is 12.1 Å². The van der Waals surface area contributed by atoms with Crippen molar-refractivity contribution >= 4 is 11.5 Å². The Bertz CT molecular complexity index is 426. The first-order valence-corrected chi connectivity index (χ1v) is 5.75. The number of nitrogens with two attached hydrogens (primary N) is 1. The molecule has 0 saturated heterocycles. The molecule has 17 heavy (non-hydrogen) atoms. The average molecular weight is 232 g/mol. The highest BCUT2D eigenvalue weighted by Gasteiger charge is 2.19. The maximum absolute atomic E-state index is 8.83. The molecule has 1 aromatic heterocycles. The maximum Gasteiger partial charge on any atom is 0.165 e. The Labute approximate surface area is 103 Å². The van der Waals surface area contributed by atoms with E-state index in [9.17, 15) is 0 Å². The van der Waals surface area contributed by atoms with Gasteiger partial charge < -0.3 is 11.1 Å². The summed E-state index contributed by atoms with van der Waals surface area (Å²) in [6.07, 6.45) is 0. The summed E-state index contributed by atoms with van der Waals surface area (Å²) in [7, 11) is 0. The van der Waals surface area contributed by atoms with Crippen molar-refractivity contribution in [2.24, 2.45) is 11.3 Å². The van der Waals surface area contributed by atoms with Crippen LogP contribution >= 0.6 is 0 Å². The predicted molar refractivity (Wildman–Crippen MR) is 70.5 cm³/mol. The van der Waals surface area contributed by atoms with Crippen molar-refractivity contribution in [3.05, 3.63) is 17.8 Å². The standard InChI is InChI=1S/C13H20N4/c1-9(13(2,3)4)8-16-12-6-5-10(15)11(7-14)17-12/h5-6,9H,8,15H2,1-4H3,(H,16,17). The molecule has 1 atom stereocenters. The van der Waals surface area contributed by atoms with Crippen LogP contribution in [0.5, 0.6) is 0 Å². The van der Waals surface area contributed by atoms with Crippen molar-refractivity contribution < 1.29 is 0 Å². The van der Waals surface area contributed by atoms with Crippen LogP contribution in [0.4, 0.5) is 11.5 Å². The molecule has 0 spiro atoms. The summed E-state index contributed by atoms with van der Waals surface area (Å²) in [5, 5.41) is 12.1. The van der Waals surface area contributed by atoms with E-state index >= 15 is 0 Å². The number of nitriles is 1. The van der Waals surface area contributed by atoms with Crippen molar-refractivity contribution in [2.75, 3.05) is 17.6 Å². The zero-order valence-corrected chi connectivity index (χ0v) is 10.9. The Hall–Kier alpha value is -1.76. The summed E-state index contributed by atoms with van der Waals surface area (Å²) < 4.78 is 0. The van der Waals surface area contributed by atoms with Crippen LogP contribution in [-0.2, 0) is 0 Å². The van der Waals surface area contributed by atoms with Crippen LogP contribution in [0.1, 0.15) is 33.4 Å². The number of anilines is 2. The summed E-state index contributed by atoms with van der Waals surface area (Å²) in [5.74, 6) is 1.21. The molecular weight excluding hydrogens is 212 g/mol. The molecule has 0 aliphatic rings. The molecule has 1 aromatic rings. The van der Waals surface area contributed by atoms with Gasteiger partial charge in [-0.25, -0.2) is 4.98 Å². The quantitative estimate of drug-likeness (QED) is 0.840. The number of hydrogen-bond donors (Lipinski definition) is 2. The number of nitrogens with zero attached hydrogens (tertiary/aromatic N) is 2. The molecule has 0 radical (unpaired) electrons. The van der Waals surface area contributed by atoms with Gasteiger partial charge in [-0.2, -0.15) is 5.26 Å². The highest BCUT2D eigenvalue weighted by Crippen LogP contribution is 2.25. The van der Waals surface area contributed by atoms with Gasteiger partial charge >= 0.3 is 0 Å². The second-order valence-electron chi connectivity index (χ2n) is 5.39. The van der Waals surface area contributed by atoms with Crippen LogP contribution in [0.2, 0.25) is 0 Å². The third-order valence-corrected chi connectivity index (χ3v) is 3.10. The van der Waals surface area contributed by atoms with E-state index in [1.807, 2.05) is 6.07 Å². The molecule has 1 rings (SSSR count). The number of nitrogen functional groups attached to an aromatic ring is 1. The van der Waals surface area contributed by atoms with Crippen LogP contribution in [0.3, 0.4) is 0 Å². The van der Waals surface area contributed by atoms with E-state index in [4.69, 9.17) is 11.0 Å². The van der Waals surface area contributed by atoms with Gasteiger partial charge in [-0.3, -0.25) is 0 Å². The van der Waals surface area contributed by atoms with E-state index in [0.29, 0.717) is 17.4 Å². The molecule has 3 N–H and O–H groups in total. The monoisotopic (exact) mass is 232 g/mol. The van der Waals surface area contributed by atoms with Gasteiger partial charge in [-0.15, -0.1) is 0 Å². The summed E-state index contributed by atoms with van der Waals surface area (Å²) in [6, 6.07) is 5.48. The molecule has 1 heterocycles. The lowest BCUT2D eigenvalue weighted by Gasteiger charge is -2.27. The minimum atomic E-state index is 0.249. The average Bonchev–Trinajstić information content (AvgIpc) is 2.26. The van der Waals surface area contributed by atoms with E-state index < -0.39 is 0 Å². The first-order chi connectivity index (χ1) is 7.84. The van der Waals surface area contributed by atoms with Gasteiger partial charge in [0.2, 0.25) is 0 Å². The zero-order chi connectivity index (χ0) is 13.1. The lowest BCUT2D eigenvalue weighted by atomic mass is 9.82. The Morgan fingerprint density at radius 3 is 2.65 bits per heavy atom. The Morgan fingerprint density at radius 2 is 2.12 bits per heavy atom. The van der Waals surface area contributed by atoms with Gasteiger partial charge in [-0.05, 0) is 23.5 Å². The topological polar surface area (TPSA) is 74.7 Å². The third kappa shape index (κ3) is 3.63. The molecule has 0 fully saturated rings. The van der Waals surface area contributed by atoms with Gasteiger partial charge in [0.25, 0.3) is 0 Å². The molecule has 0 aliphatic carbocycles. The molecule has 0 saturated carbocycles. The van der Waals surface area contributed by atoms with Gasteiger partial charge in [0.15, 0.2) is 5.69 Å². The Kier molecular flexibility index (Phi) is 3.95. The normalized spacial score (nSPS) is 12.9. The number of hydrogen-bond acceptors (Lipinski definition) is 4. The lowest BCUT2D eigenvalue weighted by Crippen LogP contribution is -2.25. The maximum atomic E-state index is 8.83. The Balaban J connectivity index is 2.68. The molecular formula is C13H20N4. The molecule has 0 bridgehead atoms. The van der Waals surface area contributed by atoms with Gasteiger partial charge in [0, 0.05) is 6.54 Å². The minimum Gasteiger partial charge on any atom is -0.396 e. The first kappa shape index (κ1) is 13.3. The van der Waals surface area contributed by atoms with Crippen LogP contribution in [-0.4, -0.2) is 11.5 Å². The predicted octanol–water partition coefficient (Wildman–Crippen LogP) is 2.63. The summed E-state index contributed by atoms with van der Waals surface area (Å²) in [6.45, 7) is 9.63. The van der Waals surface area contributed by atoms with Crippen molar-refractivity contribution in [3.63, 3.8) is 0 Å². The van der Waals surface area contributed by atoms with E-state index in [1.165, 1.54) is 0 Å². The molecule has 0 aromatic carbocycles. The lowest BCUT2D eigenvalue weighted by molar-refractivity contribution is 0.274. The van der Waals surface area contributed by atoms with E-state index in [2.05, 4.69) is 38.0 Å². The summed E-state index contributed by atoms with van der Waals surface area (Å²) in [4.78, 5) is 4.15. The third-order valence-electron chi connectivity index (χ3n) is 3.10. The minimum absolute atomic E-state index is 0.249. The van der Waals surface area contributed by atoms with E-state index in [0.717, 1.165) is 6.54 Å². The van der Waals surface area contributed by atoms with Crippen LogP contribution in [0.25, 0.3) is 0 Å². The van der Waals surface area contributed by atoms with Gasteiger partial charge in [0.05, 0.1) is 5.69 Å². The van der Waals surface area contributed by atoms with Crippen LogP contribution in [0.15, 0.2) is 12.1 Å². The first-order valence-electron chi connectivity index (χ1n) is 5.75. The second-order valence-corrected chi connectivity index (χ2v) is 5.39. The van der Waals surface area contributed by atoms with Crippen LogP contribution in [0, 0.1) is 22.7 Å². The largest absolute Gasteiger partial charge is 0.396 e. The zero-order valence-electron chi connectivity index (χ0n) is 10.9. The fourth-order valence-corrected chi connectivity index (χ4v) is 1.22. The number of aromatic nitrogens is 1. The van der Waals surface area contributed by atoms with Gasteiger partial charge in [0.1, 0.15) is 11.9 Å². The van der Waals surface area contributed by atoms with Gasteiger partial charge in [-0.1, -0.05) is 27.7 Å². The highest BCUT2D eigenvalue weighted by atomic mass is 15.0. The SMILES string of the molecule is CC(CNc1ccc(N)c(C#N)n1)C(C)(C)C. The van der Waals surface area contributed by atoms with Crippen LogP contribution < -0.4 is 11.1 Å².